The van der Waals surface area contributed by atoms with E-state index in [1.165, 1.54) is 22.2 Å². The van der Waals surface area contributed by atoms with Gasteiger partial charge in [0, 0.05) is 6.54 Å². The third-order valence-electron chi connectivity index (χ3n) is 3.88. The zero-order valence-electron chi connectivity index (χ0n) is 12.5. The molecule has 0 aliphatic carbocycles. The topological polar surface area (TPSA) is 24.9 Å². The van der Waals surface area contributed by atoms with Gasteiger partial charge in [0.25, 0.3) is 0 Å². The molecular formula is C18H20N2S. The van der Waals surface area contributed by atoms with Crippen LogP contribution in [0, 0.1) is 0 Å². The minimum atomic E-state index is 0.609. The molecule has 3 rings (SSSR count). The molecule has 3 heteroatoms. The van der Waals surface area contributed by atoms with Crippen molar-refractivity contribution < 1.29 is 0 Å². The van der Waals surface area contributed by atoms with Crippen molar-refractivity contribution in [1.82, 2.24) is 4.98 Å². The van der Waals surface area contributed by atoms with E-state index in [4.69, 9.17) is 0 Å². The fourth-order valence-electron chi connectivity index (χ4n) is 2.33. The van der Waals surface area contributed by atoms with Crippen LogP contribution in [0.3, 0.4) is 0 Å². The van der Waals surface area contributed by atoms with Crippen molar-refractivity contribution in [2.45, 2.75) is 32.7 Å². The fraction of sp³-hybridized carbons (Fsp3) is 0.278. The predicted octanol–water partition coefficient (Wildman–Crippen LogP) is 5.42. The van der Waals surface area contributed by atoms with Crippen molar-refractivity contribution in [3.8, 4) is 0 Å². The van der Waals surface area contributed by atoms with Gasteiger partial charge in [-0.1, -0.05) is 61.6 Å². The van der Waals surface area contributed by atoms with Gasteiger partial charge in [0.15, 0.2) is 5.13 Å². The summed E-state index contributed by atoms with van der Waals surface area (Å²) in [4.78, 5) is 4.66. The van der Waals surface area contributed by atoms with E-state index in [0.717, 1.165) is 17.2 Å². The molecule has 0 fully saturated rings. The van der Waals surface area contributed by atoms with E-state index in [0.29, 0.717) is 5.92 Å². The molecule has 0 spiro atoms. The molecule has 3 aromatic rings. The minimum Gasteiger partial charge on any atom is -0.357 e. The summed E-state index contributed by atoms with van der Waals surface area (Å²) in [6.07, 6.45) is 1.17. The number of nitrogens with zero attached hydrogens (tertiary/aromatic N) is 1. The van der Waals surface area contributed by atoms with E-state index in [9.17, 15) is 0 Å². The fourth-order valence-corrected chi connectivity index (χ4v) is 3.24. The lowest BCUT2D eigenvalue weighted by Crippen LogP contribution is -1.97. The highest BCUT2D eigenvalue weighted by atomic mass is 32.1. The van der Waals surface area contributed by atoms with E-state index < -0.39 is 0 Å². The van der Waals surface area contributed by atoms with Gasteiger partial charge in [-0.15, -0.1) is 0 Å². The van der Waals surface area contributed by atoms with Gasteiger partial charge in [-0.25, -0.2) is 4.98 Å². The summed E-state index contributed by atoms with van der Waals surface area (Å²) in [5, 5.41) is 4.42. The molecule has 0 amide bonds. The number of nitrogens with one attached hydrogen (secondary N) is 1. The van der Waals surface area contributed by atoms with Gasteiger partial charge < -0.3 is 5.32 Å². The van der Waals surface area contributed by atoms with Crippen LogP contribution in [-0.2, 0) is 6.54 Å². The molecule has 2 nitrogen and oxygen atoms in total. The largest absolute Gasteiger partial charge is 0.357 e. The first-order valence-corrected chi connectivity index (χ1v) is 8.26. The average molecular weight is 296 g/mol. The Bertz CT molecular complexity index is 718. The number of benzene rings is 2. The monoisotopic (exact) mass is 296 g/mol. The van der Waals surface area contributed by atoms with Crippen LogP contribution in [0.2, 0.25) is 0 Å². The Balaban J connectivity index is 1.78. The molecule has 1 atom stereocenters. The normalized spacial score (nSPS) is 12.5. The van der Waals surface area contributed by atoms with Crippen LogP contribution < -0.4 is 5.32 Å². The van der Waals surface area contributed by atoms with Crippen LogP contribution in [0.25, 0.3) is 10.2 Å². The van der Waals surface area contributed by atoms with Crippen molar-refractivity contribution >= 4 is 26.7 Å². The van der Waals surface area contributed by atoms with E-state index >= 15 is 0 Å². The van der Waals surface area contributed by atoms with Crippen LogP contribution in [0.15, 0.2) is 48.5 Å². The molecule has 108 valence electrons. The Morgan fingerprint density at radius 3 is 2.71 bits per heavy atom. The number of thiazole rings is 1. The third kappa shape index (κ3) is 3.24. The summed E-state index contributed by atoms with van der Waals surface area (Å²) in [6.45, 7) is 5.32. The van der Waals surface area contributed by atoms with Gasteiger partial charge in [0.2, 0.25) is 0 Å². The molecule has 0 aliphatic rings. The zero-order valence-corrected chi connectivity index (χ0v) is 13.3. The molecule has 0 aliphatic heterocycles. The predicted molar refractivity (Wildman–Crippen MR) is 92.1 cm³/mol. The molecule has 1 N–H and O–H groups in total. The molecule has 21 heavy (non-hydrogen) atoms. The standard InChI is InChI=1S/C18H20N2S/c1-3-13(2)15-9-10-16-17(11-15)21-18(20-16)19-12-14-7-5-4-6-8-14/h4-11,13H,3,12H2,1-2H3,(H,19,20)/t13-/m1/s1. The third-order valence-corrected chi connectivity index (χ3v) is 4.86. The van der Waals surface area contributed by atoms with Crippen molar-refractivity contribution in [2.24, 2.45) is 0 Å². The summed E-state index contributed by atoms with van der Waals surface area (Å²) in [5.74, 6) is 0.609. The molecule has 0 bridgehead atoms. The van der Waals surface area contributed by atoms with E-state index in [1.807, 2.05) is 6.07 Å². The number of hydrogen-bond acceptors (Lipinski definition) is 3. The van der Waals surface area contributed by atoms with Crippen molar-refractivity contribution in [3.63, 3.8) is 0 Å². The van der Waals surface area contributed by atoms with Crippen molar-refractivity contribution in [3.05, 3.63) is 59.7 Å². The first-order valence-electron chi connectivity index (χ1n) is 7.44. The maximum Gasteiger partial charge on any atom is 0.184 e. The highest BCUT2D eigenvalue weighted by molar-refractivity contribution is 7.22. The van der Waals surface area contributed by atoms with Gasteiger partial charge in [-0.3, -0.25) is 0 Å². The summed E-state index contributed by atoms with van der Waals surface area (Å²) < 4.78 is 1.27. The maximum atomic E-state index is 4.66. The molecule has 0 radical (unpaired) electrons. The first-order chi connectivity index (χ1) is 10.3. The lowest BCUT2D eigenvalue weighted by molar-refractivity contribution is 0.735. The number of anilines is 1. The number of rotatable bonds is 5. The van der Waals surface area contributed by atoms with E-state index in [-0.39, 0.29) is 0 Å². The molecule has 1 aromatic heterocycles. The number of hydrogen-bond donors (Lipinski definition) is 1. The highest BCUT2D eigenvalue weighted by Gasteiger charge is 2.07. The Labute approximate surface area is 129 Å². The SMILES string of the molecule is CC[C@@H](C)c1ccc2nc(NCc3ccccc3)sc2c1. The van der Waals surface area contributed by atoms with Crippen LogP contribution in [-0.4, -0.2) is 4.98 Å². The molecular weight excluding hydrogens is 276 g/mol. The Morgan fingerprint density at radius 1 is 1.14 bits per heavy atom. The Kier molecular flexibility index (Phi) is 4.20. The number of fused-ring (bicyclic) bond motifs is 1. The van der Waals surface area contributed by atoms with Gasteiger partial charge in [-0.05, 0) is 35.6 Å². The van der Waals surface area contributed by atoms with Gasteiger partial charge in [0.05, 0.1) is 10.2 Å². The maximum absolute atomic E-state index is 4.66. The van der Waals surface area contributed by atoms with E-state index in [2.05, 4.69) is 66.6 Å². The van der Waals surface area contributed by atoms with Gasteiger partial charge in [0.1, 0.15) is 0 Å². The highest BCUT2D eigenvalue weighted by Crippen LogP contribution is 2.30. The quantitative estimate of drug-likeness (QED) is 0.680. The van der Waals surface area contributed by atoms with Crippen LogP contribution in [0.5, 0.6) is 0 Å². The summed E-state index contributed by atoms with van der Waals surface area (Å²) in [7, 11) is 0. The smallest absolute Gasteiger partial charge is 0.184 e. The molecule has 0 unspecified atom stereocenters. The number of aromatic nitrogens is 1. The first kappa shape index (κ1) is 14.1. The van der Waals surface area contributed by atoms with Crippen LogP contribution >= 0.6 is 11.3 Å². The molecule has 2 aromatic carbocycles. The molecule has 0 saturated carbocycles. The second-order valence-corrected chi connectivity index (χ2v) is 6.43. The lowest BCUT2D eigenvalue weighted by Gasteiger charge is -2.07. The summed E-state index contributed by atoms with van der Waals surface area (Å²) in [6, 6.07) is 17.1. The molecule has 0 saturated heterocycles. The minimum absolute atomic E-state index is 0.609. The summed E-state index contributed by atoms with van der Waals surface area (Å²) in [5.41, 5.74) is 3.77. The van der Waals surface area contributed by atoms with Crippen LogP contribution in [0.1, 0.15) is 37.3 Å². The Hall–Kier alpha value is -1.87. The average Bonchev–Trinajstić information content (AvgIpc) is 2.95. The van der Waals surface area contributed by atoms with E-state index in [1.54, 1.807) is 11.3 Å². The second kappa shape index (κ2) is 6.27. The second-order valence-electron chi connectivity index (χ2n) is 5.39. The molecule has 1 heterocycles. The Morgan fingerprint density at radius 2 is 1.95 bits per heavy atom. The lowest BCUT2D eigenvalue weighted by atomic mass is 9.99. The van der Waals surface area contributed by atoms with Crippen LogP contribution in [0.4, 0.5) is 5.13 Å². The van der Waals surface area contributed by atoms with Gasteiger partial charge >= 0.3 is 0 Å². The van der Waals surface area contributed by atoms with Crippen molar-refractivity contribution in [2.75, 3.05) is 5.32 Å². The van der Waals surface area contributed by atoms with Gasteiger partial charge in [-0.2, -0.15) is 0 Å². The van der Waals surface area contributed by atoms with Crippen molar-refractivity contribution in [1.29, 1.82) is 0 Å². The summed E-state index contributed by atoms with van der Waals surface area (Å²) >= 11 is 1.74. The zero-order chi connectivity index (χ0) is 14.7.